The summed E-state index contributed by atoms with van der Waals surface area (Å²) in [5.74, 6) is 1.06. The van der Waals surface area contributed by atoms with Gasteiger partial charge in [0.15, 0.2) is 0 Å². The van der Waals surface area contributed by atoms with Crippen LogP contribution in [0.4, 0.5) is 0 Å². The third-order valence-corrected chi connectivity index (χ3v) is 5.02. The van der Waals surface area contributed by atoms with Gasteiger partial charge >= 0.3 is 0 Å². The number of nitrogens with zero attached hydrogens (tertiary/aromatic N) is 2. The van der Waals surface area contributed by atoms with E-state index in [0.717, 1.165) is 18.5 Å². The van der Waals surface area contributed by atoms with Gasteiger partial charge in [-0.25, -0.2) is 0 Å². The Morgan fingerprint density at radius 3 is 2.52 bits per heavy atom. The highest BCUT2D eigenvalue weighted by atomic mass is 35.5. The van der Waals surface area contributed by atoms with Crippen LogP contribution in [0.25, 0.3) is 0 Å². The van der Waals surface area contributed by atoms with Crippen molar-refractivity contribution in [2.45, 2.75) is 51.1 Å². The average Bonchev–Trinajstić information content (AvgIpc) is 2.71. The van der Waals surface area contributed by atoms with Crippen molar-refractivity contribution in [1.82, 2.24) is 15.1 Å². The number of aryl methyl sites for hydroxylation is 2. The van der Waals surface area contributed by atoms with Gasteiger partial charge in [0.1, 0.15) is 5.69 Å². The lowest BCUT2D eigenvalue weighted by molar-refractivity contribution is 0.0751. The fraction of sp³-hybridized carbons (Fsp3) is 0.733. The summed E-state index contributed by atoms with van der Waals surface area (Å²) in [5, 5.41) is 7.49. The Hall–Kier alpha value is -1.07. The molecule has 1 amide bonds. The largest absolute Gasteiger partial charge is 0.347 e. The quantitative estimate of drug-likeness (QED) is 0.874. The van der Waals surface area contributed by atoms with Crippen LogP contribution in [-0.2, 0) is 7.05 Å². The molecule has 21 heavy (non-hydrogen) atoms. The van der Waals surface area contributed by atoms with Gasteiger partial charge in [-0.15, -0.1) is 12.4 Å². The third-order valence-electron chi connectivity index (χ3n) is 5.02. The molecule has 3 N–H and O–H groups in total. The molecule has 0 radical (unpaired) electrons. The van der Waals surface area contributed by atoms with Crippen molar-refractivity contribution in [2.24, 2.45) is 24.6 Å². The Kier molecular flexibility index (Phi) is 4.94. The number of fused-ring (bicyclic) bond motifs is 2. The van der Waals surface area contributed by atoms with Crippen molar-refractivity contribution in [2.75, 3.05) is 0 Å². The lowest BCUT2D eigenvalue weighted by Crippen LogP contribution is -2.53. The summed E-state index contributed by atoms with van der Waals surface area (Å²) in [4.78, 5) is 12.4. The lowest BCUT2D eigenvalue weighted by atomic mass is 9.67. The van der Waals surface area contributed by atoms with Crippen LogP contribution >= 0.6 is 12.4 Å². The van der Waals surface area contributed by atoms with E-state index in [2.05, 4.69) is 10.4 Å². The predicted molar refractivity (Wildman–Crippen MR) is 84.5 cm³/mol. The van der Waals surface area contributed by atoms with Gasteiger partial charge in [-0.1, -0.05) is 6.42 Å². The molecule has 5 nitrogen and oxygen atoms in total. The minimum atomic E-state index is -0.0360. The fourth-order valence-corrected chi connectivity index (χ4v) is 3.92. The first kappa shape index (κ1) is 16.3. The molecule has 1 aromatic rings. The molecular weight excluding hydrogens is 288 g/mol. The molecule has 0 saturated heterocycles. The van der Waals surface area contributed by atoms with Gasteiger partial charge in [0, 0.05) is 24.8 Å². The van der Waals surface area contributed by atoms with Crippen LogP contribution in [-0.4, -0.2) is 27.8 Å². The zero-order valence-electron chi connectivity index (χ0n) is 12.7. The summed E-state index contributed by atoms with van der Waals surface area (Å²) in [7, 11) is 1.86. The molecule has 0 aromatic carbocycles. The molecule has 2 saturated carbocycles. The number of hydrogen-bond donors (Lipinski definition) is 2. The molecule has 2 atom stereocenters. The van der Waals surface area contributed by atoms with Crippen LogP contribution in [0, 0.1) is 18.8 Å². The average molecular weight is 313 g/mol. The minimum absolute atomic E-state index is 0. The number of aromatic nitrogens is 2. The van der Waals surface area contributed by atoms with Crippen molar-refractivity contribution in [3.05, 3.63) is 17.5 Å². The third kappa shape index (κ3) is 3.24. The predicted octanol–water partition coefficient (Wildman–Crippen LogP) is 1.79. The van der Waals surface area contributed by atoms with Crippen LogP contribution in [0.5, 0.6) is 0 Å². The summed E-state index contributed by atoms with van der Waals surface area (Å²) in [6, 6.07) is 2.45. The van der Waals surface area contributed by atoms with Crippen molar-refractivity contribution in [3.63, 3.8) is 0 Å². The second-order valence-corrected chi connectivity index (χ2v) is 6.48. The van der Waals surface area contributed by atoms with E-state index in [9.17, 15) is 4.79 Å². The fourth-order valence-electron chi connectivity index (χ4n) is 3.92. The molecule has 2 fully saturated rings. The zero-order chi connectivity index (χ0) is 14.3. The summed E-state index contributed by atoms with van der Waals surface area (Å²) in [6.07, 6.45) is 5.75. The monoisotopic (exact) mass is 312 g/mol. The molecule has 2 unspecified atom stereocenters. The van der Waals surface area contributed by atoms with Gasteiger partial charge in [-0.3, -0.25) is 9.48 Å². The summed E-state index contributed by atoms with van der Waals surface area (Å²) in [6.45, 7) is 1.96. The van der Waals surface area contributed by atoms with Gasteiger partial charge < -0.3 is 11.1 Å². The zero-order valence-corrected chi connectivity index (χ0v) is 13.5. The Morgan fingerprint density at radius 2 is 2.00 bits per heavy atom. The molecule has 6 heteroatoms. The van der Waals surface area contributed by atoms with E-state index in [0.29, 0.717) is 29.6 Å². The number of halogens is 1. The van der Waals surface area contributed by atoms with E-state index in [1.807, 2.05) is 20.0 Å². The molecule has 2 aliphatic carbocycles. The van der Waals surface area contributed by atoms with Crippen molar-refractivity contribution in [1.29, 1.82) is 0 Å². The molecule has 1 heterocycles. The van der Waals surface area contributed by atoms with E-state index < -0.39 is 0 Å². The highest BCUT2D eigenvalue weighted by Crippen LogP contribution is 2.39. The molecule has 118 valence electrons. The number of hydrogen-bond acceptors (Lipinski definition) is 3. The molecule has 2 aliphatic rings. The number of nitrogens with one attached hydrogen (secondary N) is 1. The van der Waals surface area contributed by atoms with Crippen molar-refractivity contribution in [3.8, 4) is 0 Å². The van der Waals surface area contributed by atoms with Gasteiger partial charge in [-0.2, -0.15) is 5.10 Å². The summed E-state index contributed by atoms with van der Waals surface area (Å²) in [5.41, 5.74) is 7.65. The van der Waals surface area contributed by atoms with Crippen LogP contribution in [0.2, 0.25) is 0 Å². The van der Waals surface area contributed by atoms with E-state index >= 15 is 0 Å². The Balaban J connectivity index is 0.00000161. The highest BCUT2D eigenvalue weighted by molar-refractivity contribution is 5.92. The standard InChI is InChI=1S/C15H24N4O.ClH/c1-9-6-13(18-19(9)2)15(20)17-14-10-4-3-5-11(14)8-12(16)7-10;/h6,10-12,14H,3-5,7-8,16H2,1-2H3,(H,17,20);1H. The van der Waals surface area contributed by atoms with E-state index in [1.165, 1.54) is 19.3 Å². The van der Waals surface area contributed by atoms with Gasteiger partial charge in [-0.05, 0) is 50.5 Å². The van der Waals surface area contributed by atoms with E-state index in [-0.39, 0.29) is 18.3 Å². The first-order valence-electron chi connectivity index (χ1n) is 7.61. The smallest absolute Gasteiger partial charge is 0.272 e. The Bertz CT molecular complexity index is 482. The molecule has 2 bridgehead atoms. The second-order valence-electron chi connectivity index (χ2n) is 6.48. The first-order valence-corrected chi connectivity index (χ1v) is 7.61. The maximum absolute atomic E-state index is 12.4. The SMILES string of the molecule is Cc1cc(C(=O)NC2C3CCCC2CC(N)C3)nn1C.Cl. The van der Waals surface area contributed by atoms with Crippen LogP contribution in [0.3, 0.4) is 0 Å². The number of amides is 1. The summed E-state index contributed by atoms with van der Waals surface area (Å²) >= 11 is 0. The summed E-state index contributed by atoms with van der Waals surface area (Å²) < 4.78 is 1.74. The molecular formula is C15H25ClN4O. The number of carbonyl (C=O) groups excluding carboxylic acids is 1. The Labute approximate surface area is 132 Å². The van der Waals surface area contributed by atoms with Crippen molar-refractivity contribution >= 4 is 18.3 Å². The number of nitrogens with two attached hydrogens (primary N) is 1. The molecule has 0 spiro atoms. The Morgan fingerprint density at radius 1 is 1.38 bits per heavy atom. The maximum atomic E-state index is 12.4. The van der Waals surface area contributed by atoms with Gasteiger partial charge in [0.25, 0.3) is 5.91 Å². The molecule has 0 aliphatic heterocycles. The maximum Gasteiger partial charge on any atom is 0.272 e. The van der Waals surface area contributed by atoms with Gasteiger partial charge in [0.05, 0.1) is 0 Å². The van der Waals surface area contributed by atoms with Crippen LogP contribution in [0.15, 0.2) is 6.07 Å². The highest BCUT2D eigenvalue weighted by Gasteiger charge is 2.40. The van der Waals surface area contributed by atoms with Crippen LogP contribution < -0.4 is 11.1 Å². The first-order chi connectivity index (χ1) is 9.54. The van der Waals surface area contributed by atoms with Crippen molar-refractivity contribution < 1.29 is 4.79 Å². The molecule has 3 rings (SSSR count). The second kappa shape index (κ2) is 6.36. The van der Waals surface area contributed by atoms with Crippen LogP contribution in [0.1, 0.15) is 48.3 Å². The number of carbonyl (C=O) groups is 1. The normalized spacial score (nSPS) is 31.4. The topological polar surface area (TPSA) is 72.9 Å². The number of rotatable bonds is 2. The van der Waals surface area contributed by atoms with Gasteiger partial charge in [0.2, 0.25) is 0 Å². The minimum Gasteiger partial charge on any atom is -0.347 e. The lowest BCUT2D eigenvalue weighted by Gasteiger charge is -2.45. The molecule has 1 aromatic heterocycles. The van der Waals surface area contributed by atoms with E-state index in [4.69, 9.17) is 5.73 Å². The van der Waals surface area contributed by atoms with E-state index in [1.54, 1.807) is 4.68 Å².